The SMILES string of the molecule is NC(N)[CH2][Na]. The quantitative estimate of drug-likeness (QED) is 0.309. The summed E-state index contributed by atoms with van der Waals surface area (Å²) in [6.07, 6.45) is -0.0540. The Morgan fingerprint density at radius 3 is 1.80 bits per heavy atom. The Morgan fingerprint density at radius 2 is 1.80 bits per heavy atom. The van der Waals surface area contributed by atoms with Crippen molar-refractivity contribution >= 4 is 27.9 Å². The van der Waals surface area contributed by atoms with E-state index in [0.717, 1.165) is 31.6 Å². The van der Waals surface area contributed by atoms with Crippen molar-refractivity contribution in [2.24, 2.45) is 11.5 Å². The van der Waals surface area contributed by atoms with E-state index >= 15 is 0 Å². The first-order valence-corrected chi connectivity index (χ1v) is 3.20. The minimum atomic E-state index is -0.0540. The van der Waals surface area contributed by atoms with Crippen molar-refractivity contribution in [1.29, 1.82) is 0 Å². The van der Waals surface area contributed by atoms with Crippen molar-refractivity contribution in [3.63, 3.8) is 0 Å². The van der Waals surface area contributed by atoms with E-state index in [-0.39, 0.29) is 6.17 Å². The van der Waals surface area contributed by atoms with Crippen LogP contribution in [-0.2, 0) is 0 Å². The summed E-state index contributed by atoms with van der Waals surface area (Å²) >= 11 is 1.12. The normalized spacial score (nSPS) is 9.80. The molecule has 0 aliphatic heterocycles. The first kappa shape index (κ1) is 5.92. The summed E-state index contributed by atoms with van der Waals surface area (Å²) < 4.78 is 1.00. The van der Waals surface area contributed by atoms with Crippen molar-refractivity contribution < 1.29 is 0 Å². The van der Waals surface area contributed by atoms with E-state index in [1.165, 1.54) is 0 Å². The van der Waals surface area contributed by atoms with Gasteiger partial charge in [0.25, 0.3) is 0 Å². The number of hydrogen-bond acceptors (Lipinski definition) is 2. The van der Waals surface area contributed by atoms with Gasteiger partial charge in [0.2, 0.25) is 0 Å². The third-order valence-electron chi connectivity index (χ3n) is 0.471. The summed E-state index contributed by atoms with van der Waals surface area (Å²) in [6.45, 7) is 0. The molecule has 0 saturated carbocycles. The molecule has 0 radical (unpaired) electrons. The van der Waals surface area contributed by atoms with Crippen LogP contribution in [0.5, 0.6) is 0 Å². The van der Waals surface area contributed by atoms with Crippen LogP contribution in [0.1, 0.15) is 0 Å². The minimum absolute atomic E-state index is 0.0540. The van der Waals surface area contributed by atoms with Crippen LogP contribution in [0.3, 0.4) is 0 Å². The molecule has 0 bridgehead atoms. The molecule has 0 saturated heterocycles. The Morgan fingerprint density at radius 1 is 1.60 bits per heavy atom. The Hall–Kier alpha value is 0.920. The van der Waals surface area contributed by atoms with Crippen LogP contribution in [0.15, 0.2) is 0 Å². The van der Waals surface area contributed by atoms with Gasteiger partial charge in [-0.3, -0.25) is 0 Å². The topological polar surface area (TPSA) is 52.0 Å². The molecule has 3 heteroatoms. The van der Waals surface area contributed by atoms with Gasteiger partial charge in [0, 0.05) is 0 Å². The molecular weight excluding hydrogens is 75.0 g/mol. The van der Waals surface area contributed by atoms with E-state index in [1.54, 1.807) is 0 Å². The predicted molar refractivity (Wildman–Crippen MR) is 22.7 cm³/mol. The van der Waals surface area contributed by atoms with Crippen LogP contribution in [-0.4, -0.2) is 34.1 Å². The van der Waals surface area contributed by atoms with Gasteiger partial charge in [-0.15, -0.1) is 0 Å². The molecule has 0 aromatic heterocycles. The summed E-state index contributed by atoms with van der Waals surface area (Å²) in [5, 5.41) is 0. The van der Waals surface area contributed by atoms with Crippen LogP contribution in [0.25, 0.3) is 0 Å². The molecule has 0 aromatic carbocycles. The molecule has 0 aromatic rings. The molecule has 0 aliphatic carbocycles. The van der Waals surface area contributed by atoms with Gasteiger partial charge in [-0.25, -0.2) is 0 Å². The Balaban J connectivity index is 2.54. The maximum absolute atomic E-state index is 5.10. The van der Waals surface area contributed by atoms with Crippen molar-refractivity contribution in [3.8, 4) is 0 Å². The maximum atomic E-state index is 5.10. The molecule has 0 amide bonds. The van der Waals surface area contributed by atoms with E-state index in [9.17, 15) is 0 Å². The summed E-state index contributed by atoms with van der Waals surface area (Å²) in [5.41, 5.74) is 10.2. The fraction of sp³-hybridized carbons (Fsp3) is 1.00. The van der Waals surface area contributed by atoms with Gasteiger partial charge in [0.05, 0.1) is 0 Å². The van der Waals surface area contributed by atoms with E-state index in [4.69, 9.17) is 11.5 Å². The molecule has 2 nitrogen and oxygen atoms in total. The third kappa shape index (κ3) is 4.92. The zero-order valence-corrected chi connectivity index (χ0v) is 5.44. The molecule has 4 N–H and O–H groups in total. The molecular formula is C2H7N2Na. The second kappa shape index (κ2) is 3.12. The molecule has 0 atom stereocenters. The van der Waals surface area contributed by atoms with Gasteiger partial charge in [-0.05, 0) is 0 Å². The molecule has 0 heterocycles. The average Bonchev–Trinajstić information content (AvgIpc) is 1.38. The molecule has 26 valence electrons. The van der Waals surface area contributed by atoms with Gasteiger partial charge in [-0.1, -0.05) is 0 Å². The van der Waals surface area contributed by atoms with Crippen LogP contribution >= 0.6 is 0 Å². The van der Waals surface area contributed by atoms with Gasteiger partial charge in [0.1, 0.15) is 0 Å². The number of hydrogen-bond donors (Lipinski definition) is 2. The second-order valence-electron chi connectivity index (χ2n) is 1.07. The summed E-state index contributed by atoms with van der Waals surface area (Å²) in [5.74, 6) is 0. The summed E-state index contributed by atoms with van der Waals surface area (Å²) in [6, 6.07) is 0. The van der Waals surface area contributed by atoms with Gasteiger partial charge < -0.3 is 0 Å². The zero-order valence-electron chi connectivity index (χ0n) is 3.44. The van der Waals surface area contributed by atoms with Crippen LogP contribution in [0.4, 0.5) is 0 Å². The average molecular weight is 82.1 g/mol. The summed E-state index contributed by atoms with van der Waals surface area (Å²) in [7, 11) is 0. The molecule has 0 unspecified atom stereocenters. The van der Waals surface area contributed by atoms with E-state index in [2.05, 4.69) is 0 Å². The molecule has 5 heavy (non-hydrogen) atoms. The fourth-order valence-corrected chi connectivity index (χ4v) is 0. The van der Waals surface area contributed by atoms with Crippen LogP contribution in [0.2, 0.25) is 3.67 Å². The second-order valence-corrected chi connectivity index (χ2v) is 1.89. The van der Waals surface area contributed by atoms with Crippen LogP contribution in [0, 0.1) is 0 Å². The van der Waals surface area contributed by atoms with Crippen molar-refractivity contribution in [2.45, 2.75) is 9.84 Å². The molecule has 0 rings (SSSR count). The zero-order chi connectivity index (χ0) is 4.28. The molecule has 0 aliphatic rings. The standard InChI is InChI=1S/C2H7N2.Na/c1-2(3)4;/h2H,1,3-4H2;. The Kier molecular flexibility index (Phi) is 3.70. The Bertz CT molecular complexity index is 21.6. The van der Waals surface area contributed by atoms with E-state index < -0.39 is 0 Å². The molecule has 0 fully saturated rings. The number of rotatable bonds is 1. The van der Waals surface area contributed by atoms with Crippen molar-refractivity contribution in [3.05, 3.63) is 0 Å². The van der Waals surface area contributed by atoms with Gasteiger partial charge in [-0.2, -0.15) is 0 Å². The van der Waals surface area contributed by atoms with Crippen molar-refractivity contribution in [2.75, 3.05) is 0 Å². The van der Waals surface area contributed by atoms with E-state index in [1.807, 2.05) is 0 Å². The van der Waals surface area contributed by atoms with Crippen molar-refractivity contribution in [1.82, 2.24) is 0 Å². The Labute approximate surface area is 49.3 Å². The van der Waals surface area contributed by atoms with Gasteiger partial charge in [0.15, 0.2) is 0 Å². The third-order valence-corrected chi connectivity index (χ3v) is 1.41. The first-order chi connectivity index (χ1) is 2.27. The fourth-order valence-electron chi connectivity index (χ4n) is 0. The predicted octanol–water partition coefficient (Wildman–Crippen LogP) is -1.18. The monoisotopic (exact) mass is 82.1 g/mol. The number of nitrogens with two attached hydrogens (primary N) is 2. The first-order valence-electron chi connectivity index (χ1n) is 1.78. The summed E-state index contributed by atoms with van der Waals surface area (Å²) in [4.78, 5) is 0. The molecule has 0 spiro atoms. The van der Waals surface area contributed by atoms with Crippen LogP contribution < -0.4 is 11.5 Å². The van der Waals surface area contributed by atoms with E-state index in [0.29, 0.717) is 0 Å². The van der Waals surface area contributed by atoms with Gasteiger partial charge >= 0.3 is 49.2 Å².